The second-order valence-corrected chi connectivity index (χ2v) is 3.23. The van der Waals surface area contributed by atoms with Crippen molar-refractivity contribution in [1.29, 1.82) is 0 Å². The highest BCUT2D eigenvalue weighted by atomic mass is 16.3. The van der Waals surface area contributed by atoms with E-state index in [0.717, 1.165) is 12.2 Å². The topological polar surface area (TPSA) is 45.4 Å². The fraction of sp³-hybridized carbons (Fsp3) is 0.600. The van der Waals surface area contributed by atoms with Crippen LogP contribution in [0.4, 0.5) is 0 Å². The third-order valence-electron chi connectivity index (χ3n) is 1.95. The maximum Gasteiger partial charge on any atom is 0.120 e. The molecule has 0 amide bonds. The van der Waals surface area contributed by atoms with Gasteiger partial charge in [0.25, 0.3) is 0 Å². The van der Waals surface area contributed by atoms with Gasteiger partial charge in [-0.3, -0.25) is 0 Å². The number of rotatable bonds is 5. The van der Waals surface area contributed by atoms with Crippen molar-refractivity contribution in [2.24, 2.45) is 0 Å². The van der Waals surface area contributed by atoms with Crippen molar-refractivity contribution < 1.29 is 9.52 Å². The van der Waals surface area contributed by atoms with Crippen LogP contribution in [0.1, 0.15) is 32.1 Å². The molecule has 74 valence electrons. The number of hydrogen-bond donors (Lipinski definition) is 2. The van der Waals surface area contributed by atoms with E-state index in [0.29, 0.717) is 6.54 Å². The van der Waals surface area contributed by atoms with Crippen LogP contribution >= 0.6 is 0 Å². The predicted octanol–water partition coefficient (Wildman–Crippen LogP) is 1.70. The molecule has 2 atom stereocenters. The Bertz CT molecular complexity index is 219. The molecule has 0 aliphatic carbocycles. The Labute approximate surface area is 78.8 Å². The number of aliphatic hydroxyl groups is 1. The van der Waals surface area contributed by atoms with Crippen LogP contribution in [0, 0.1) is 0 Å². The molecule has 0 saturated carbocycles. The number of hydrogen-bond acceptors (Lipinski definition) is 3. The summed E-state index contributed by atoms with van der Waals surface area (Å²) in [5, 5.41) is 12.3. The normalized spacial score (nSPS) is 15.6. The number of furan rings is 1. The molecular formula is C10H17NO2. The third kappa shape index (κ3) is 3.20. The molecule has 0 saturated heterocycles. The number of aliphatic hydroxyl groups excluding tert-OH is 1. The van der Waals surface area contributed by atoms with Gasteiger partial charge in [0.2, 0.25) is 0 Å². The summed E-state index contributed by atoms with van der Waals surface area (Å²) in [5.74, 6) is 0.933. The summed E-state index contributed by atoms with van der Waals surface area (Å²) in [5.41, 5.74) is 0. The Balaban J connectivity index is 2.44. The average Bonchev–Trinajstić information content (AvgIpc) is 2.58. The van der Waals surface area contributed by atoms with Crippen molar-refractivity contribution >= 4 is 0 Å². The maximum absolute atomic E-state index is 9.10. The van der Waals surface area contributed by atoms with Crippen LogP contribution in [0.2, 0.25) is 0 Å². The molecule has 2 unspecified atom stereocenters. The van der Waals surface area contributed by atoms with E-state index in [2.05, 4.69) is 12.2 Å². The van der Waals surface area contributed by atoms with E-state index < -0.39 is 0 Å². The van der Waals surface area contributed by atoms with Gasteiger partial charge in [-0.05, 0) is 25.5 Å². The van der Waals surface area contributed by atoms with Gasteiger partial charge in [-0.2, -0.15) is 0 Å². The summed E-state index contributed by atoms with van der Waals surface area (Å²) in [7, 11) is 0. The molecule has 0 bridgehead atoms. The van der Waals surface area contributed by atoms with E-state index in [4.69, 9.17) is 9.52 Å². The van der Waals surface area contributed by atoms with Crippen LogP contribution in [-0.2, 0) is 0 Å². The second kappa shape index (κ2) is 5.04. The van der Waals surface area contributed by atoms with Crippen LogP contribution in [0.3, 0.4) is 0 Å². The monoisotopic (exact) mass is 183 g/mol. The molecule has 0 aliphatic heterocycles. The molecule has 1 aromatic rings. The quantitative estimate of drug-likeness (QED) is 0.730. The third-order valence-corrected chi connectivity index (χ3v) is 1.95. The molecule has 2 N–H and O–H groups in total. The van der Waals surface area contributed by atoms with Crippen molar-refractivity contribution in [3.63, 3.8) is 0 Å². The van der Waals surface area contributed by atoms with Crippen molar-refractivity contribution in [2.75, 3.05) is 6.54 Å². The van der Waals surface area contributed by atoms with Gasteiger partial charge in [0.1, 0.15) is 5.76 Å². The Morgan fingerprint density at radius 1 is 1.62 bits per heavy atom. The predicted molar refractivity (Wildman–Crippen MR) is 51.4 cm³/mol. The van der Waals surface area contributed by atoms with Crippen molar-refractivity contribution in [3.05, 3.63) is 24.2 Å². The molecule has 0 aromatic carbocycles. The summed E-state index contributed by atoms with van der Waals surface area (Å²) in [4.78, 5) is 0. The number of nitrogens with one attached hydrogen (secondary N) is 1. The van der Waals surface area contributed by atoms with Crippen LogP contribution in [0.25, 0.3) is 0 Å². The second-order valence-electron chi connectivity index (χ2n) is 3.23. The molecule has 3 heteroatoms. The van der Waals surface area contributed by atoms with E-state index in [1.165, 1.54) is 0 Å². The fourth-order valence-corrected chi connectivity index (χ4v) is 1.25. The molecule has 0 radical (unpaired) electrons. The molecule has 1 heterocycles. The summed E-state index contributed by atoms with van der Waals surface area (Å²) in [6, 6.07) is 4.04. The Hall–Kier alpha value is -0.800. The molecule has 0 fully saturated rings. The van der Waals surface area contributed by atoms with Crippen LogP contribution in [-0.4, -0.2) is 17.8 Å². The zero-order valence-corrected chi connectivity index (χ0v) is 8.16. The zero-order chi connectivity index (χ0) is 9.68. The Kier molecular flexibility index (Phi) is 3.99. The van der Waals surface area contributed by atoms with Gasteiger partial charge < -0.3 is 14.8 Å². The molecule has 0 spiro atoms. The molecule has 1 aromatic heterocycles. The fourth-order valence-electron chi connectivity index (χ4n) is 1.25. The lowest BCUT2D eigenvalue weighted by Crippen LogP contribution is -2.28. The smallest absolute Gasteiger partial charge is 0.120 e. The molecule has 3 nitrogen and oxygen atoms in total. The van der Waals surface area contributed by atoms with Gasteiger partial charge in [-0.15, -0.1) is 0 Å². The lowest BCUT2D eigenvalue weighted by molar-refractivity contribution is 0.183. The van der Waals surface area contributed by atoms with Gasteiger partial charge in [-0.25, -0.2) is 0 Å². The van der Waals surface area contributed by atoms with Crippen molar-refractivity contribution in [1.82, 2.24) is 5.32 Å². The highest BCUT2D eigenvalue weighted by molar-refractivity contribution is 5.03. The Morgan fingerprint density at radius 2 is 2.38 bits per heavy atom. The molecular weight excluding hydrogens is 166 g/mol. The summed E-state index contributed by atoms with van der Waals surface area (Å²) >= 11 is 0. The van der Waals surface area contributed by atoms with E-state index in [1.54, 1.807) is 13.2 Å². The van der Waals surface area contributed by atoms with Gasteiger partial charge in [-0.1, -0.05) is 6.92 Å². The summed E-state index contributed by atoms with van der Waals surface area (Å²) in [6.07, 6.45) is 2.31. The van der Waals surface area contributed by atoms with Crippen molar-refractivity contribution in [3.8, 4) is 0 Å². The van der Waals surface area contributed by atoms with E-state index in [-0.39, 0.29) is 12.1 Å². The lowest BCUT2D eigenvalue weighted by Gasteiger charge is -2.15. The van der Waals surface area contributed by atoms with E-state index in [1.807, 2.05) is 12.1 Å². The molecule has 1 rings (SSSR count). The minimum absolute atomic E-state index is 0.213. The first-order valence-corrected chi connectivity index (χ1v) is 4.69. The van der Waals surface area contributed by atoms with E-state index >= 15 is 0 Å². The Morgan fingerprint density at radius 3 is 2.85 bits per heavy atom. The first kappa shape index (κ1) is 10.3. The standard InChI is InChI=1S/C10H17NO2/c1-3-9(11-7-8(2)12)10-5-4-6-13-10/h4-6,8-9,11-12H,3,7H2,1-2H3. The van der Waals surface area contributed by atoms with Crippen LogP contribution in [0.15, 0.2) is 22.8 Å². The minimum Gasteiger partial charge on any atom is -0.468 e. The van der Waals surface area contributed by atoms with Crippen LogP contribution in [0.5, 0.6) is 0 Å². The maximum atomic E-state index is 9.10. The summed E-state index contributed by atoms with van der Waals surface area (Å²) < 4.78 is 5.27. The van der Waals surface area contributed by atoms with Crippen molar-refractivity contribution in [2.45, 2.75) is 32.4 Å². The highest BCUT2D eigenvalue weighted by Crippen LogP contribution is 2.16. The average molecular weight is 183 g/mol. The first-order valence-electron chi connectivity index (χ1n) is 4.69. The molecule has 0 aliphatic rings. The lowest BCUT2D eigenvalue weighted by atomic mass is 10.1. The van der Waals surface area contributed by atoms with Gasteiger partial charge >= 0.3 is 0 Å². The minimum atomic E-state index is -0.316. The zero-order valence-electron chi connectivity index (χ0n) is 8.16. The SMILES string of the molecule is CCC(NCC(C)O)c1ccco1. The molecule has 13 heavy (non-hydrogen) atoms. The largest absolute Gasteiger partial charge is 0.468 e. The van der Waals surface area contributed by atoms with Gasteiger partial charge in [0.05, 0.1) is 18.4 Å². The first-order chi connectivity index (χ1) is 6.24. The summed E-state index contributed by atoms with van der Waals surface area (Å²) in [6.45, 7) is 4.45. The van der Waals surface area contributed by atoms with Gasteiger partial charge in [0.15, 0.2) is 0 Å². The highest BCUT2D eigenvalue weighted by Gasteiger charge is 2.11. The van der Waals surface area contributed by atoms with E-state index in [9.17, 15) is 0 Å². The van der Waals surface area contributed by atoms with Gasteiger partial charge in [0, 0.05) is 6.54 Å². The van der Waals surface area contributed by atoms with Crippen LogP contribution < -0.4 is 5.32 Å².